The quantitative estimate of drug-likeness (QED) is 0.764. The molecule has 8 heteroatoms. The average molecular weight is 396 g/mol. The minimum Gasteiger partial charge on any atom is -0.282 e. The van der Waals surface area contributed by atoms with Crippen molar-refractivity contribution < 1.29 is 25.9 Å². The van der Waals surface area contributed by atoms with Crippen molar-refractivity contribution in [3.8, 4) is 0 Å². The molecule has 0 saturated heterocycles. The Balaban J connectivity index is 1.66. The zero-order valence-corrected chi connectivity index (χ0v) is 15.6. The topological polar surface area (TPSA) is 109 Å². The predicted octanol–water partition coefficient (Wildman–Crippen LogP) is 3.62. The Morgan fingerprint density at radius 1 is 0.577 bits per heavy atom. The summed E-state index contributed by atoms with van der Waals surface area (Å²) in [5.41, 5.74) is 2.11. The van der Waals surface area contributed by atoms with Crippen molar-refractivity contribution >= 4 is 20.2 Å². The van der Waals surface area contributed by atoms with Gasteiger partial charge in [-0.25, -0.2) is 0 Å². The van der Waals surface area contributed by atoms with Crippen LogP contribution in [0.5, 0.6) is 0 Å². The maximum absolute atomic E-state index is 11.1. The van der Waals surface area contributed by atoms with Crippen LogP contribution in [0.3, 0.4) is 0 Å². The minimum atomic E-state index is -4.17. The van der Waals surface area contributed by atoms with Crippen LogP contribution in [0.1, 0.15) is 48.6 Å². The highest BCUT2D eigenvalue weighted by Crippen LogP contribution is 2.40. The number of rotatable bonds is 4. The Morgan fingerprint density at radius 3 is 1.08 bits per heavy atom. The number of hydrogen-bond acceptors (Lipinski definition) is 4. The Labute approximate surface area is 153 Å². The lowest BCUT2D eigenvalue weighted by Gasteiger charge is -2.29. The molecule has 0 unspecified atom stereocenters. The molecule has 0 amide bonds. The van der Waals surface area contributed by atoms with Crippen LogP contribution in [0.4, 0.5) is 0 Å². The lowest BCUT2D eigenvalue weighted by atomic mass is 9.76. The standard InChI is InChI=1S/C18H20O6S2/c19-25(20,21)17-9-5-15(6-10-17)13-1-2-14(4-3-13)16-7-11-18(12-8-16)26(22,23)24/h5-14H,1-4H2,(H,19,20,21)(H,22,23,24). The van der Waals surface area contributed by atoms with Gasteiger partial charge in [-0.1, -0.05) is 24.3 Å². The molecule has 2 aromatic rings. The number of benzene rings is 2. The van der Waals surface area contributed by atoms with Gasteiger partial charge in [0.05, 0.1) is 9.79 Å². The molecular formula is C18H20O6S2. The molecule has 26 heavy (non-hydrogen) atoms. The van der Waals surface area contributed by atoms with Crippen molar-refractivity contribution in [3.05, 3.63) is 59.7 Å². The first-order valence-corrected chi connectivity index (χ1v) is 11.2. The molecule has 1 aliphatic rings. The summed E-state index contributed by atoms with van der Waals surface area (Å²) in [4.78, 5) is -0.206. The summed E-state index contributed by atoms with van der Waals surface area (Å²) in [5.74, 6) is 0.664. The van der Waals surface area contributed by atoms with E-state index in [4.69, 9.17) is 9.11 Å². The van der Waals surface area contributed by atoms with E-state index in [1.54, 1.807) is 24.3 Å². The maximum atomic E-state index is 11.1. The van der Waals surface area contributed by atoms with Crippen LogP contribution in [0.2, 0.25) is 0 Å². The third-order valence-electron chi connectivity index (χ3n) is 5.03. The van der Waals surface area contributed by atoms with Crippen molar-refractivity contribution in [2.24, 2.45) is 0 Å². The molecule has 0 heterocycles. The van der Waals surface area contributed by atoms with Gasteiger partial charge in [-0.05, 0) is 72.9 Å². The van der Waals surface area contributed by atoms with Gasteiger partial charge in [0.1, 0.15) is 0 Å². The second-order valence-electron chi connectivity index (χ2n) is 6.64. The Morgan fingerprint density at radius 2 is 0.846 bits per heavy atom. The second-order valence-corrected chi connectivity index (χ2v) is 9.48. The molecule has 0 bridgehead atoms. The smallest absolute Gasteiger partial charge is 0.282 e. The van der Waals surface area contributed by atoms with Crippen molar-refractivity contribution in [1.82, 2.24) is 0 Å². The van der Waals surface area contributed by atoms with Crippen molar-refractivity contribution in [3.63, 3.8) is 0 Å². The summed E-state index contributed by atoms with van der Waals surface area (Å²) in [5, 5.41) is 0. The zero-order chi connectivity index (χ0) is 18.9. The van der Waals surface area contributed by atoms with Gasteiger partial charge >= 0.3 is 0 Å². The normalized spacial score (nSPS) is 21.5. The van der Waals surface area contributed by atoms with E-state index in [2.05, 4.69) is 0 Å². The minimum absolute atomic E-state index is 0.103. The molecule has 1 saturated carbocycles. The van der Waals surface area contributed by atoms with E-state index in [-0.39, 0.29) is 9.79 Å². The molecule has 0 atom stereocenters. The maximum Gasteiger partial charge on any atom is 0.294 e. The van der Waals surface area contributed by atoms with Crippen LogP contribution in [-0.2, 0) is 20.2 Å². The van der Waals surface area contributed by atoms with Gasteiger partial charge in [0, 0.05) is 0 Å². The highest BCUT2D eigenvalue weighted by atomic mass is 32.2. The molecule has 0 aromatic heterocycles. The Bertz CT molecular complexity index is 885. The van der Waals surface area contributed by atoms with E-state index in [0.717, 1.165) is 36.8 Å². The van der Waals surface area contributed by atoms with E-state index in [1.165, 1.54) is 24.3 Å². The molecule has 6 nitrogen and oxygen atoms in total. The fraction of sp³-hybridized carbons (Fsp3) is 0.333. The molecule has 2 N–H and O–H groups in total. The molecule has 0 spiro atoms. The summed E-state index contributed by atoms with van der Waals surface area (Å²) in [6.07, 6.45) is 3.76. The largest absolute Gasteiger partial charge is 0.294 e. The lowest BCUT2D eigenvalue weighted by Crippen LogP contribution is -2.12. The third-order valence-corrected chi connectivity index (χ3v) is 6.76. The molecule has 0 radical (unpaired) electrons. The summed E-state index contributed by atoms with van der Waals surface area (Å²) in [6, 6.07) is 12.7. The Kier molecular flexibility index (Phi) is 5.21. The van der Waals surface area contributed by atoms with Crippen LogP contribution in [0.15, 0.2) is 58.3 Å². The van der Waals surface area contributed by atoms with E-state index in [0.29, 0.717) is 11.8 Å². The summed E-state index contributed by atoms with van der Waals surface area (Å²) in [7, 11) is -8.34. The first kappa shape index (κ1) is 19.0. The van der Waals surface area contributed by atoms with Gasteiger partial charge in [0.25, 0.3) is 20.2 Å². The second kappa shape index (κ2) is 7.11. The SMILES string of the molecule is O=S(=O)(O)c1ccc(C2CCC(c3ccc(S(=O)(=O)O)cc3)CC2)cc1. The molecular weight excluding hydrogens is 376 g/mol. The first-order chi connectivity index (χ1) is 12.1. The van der Waals surface area contributed by atoms with Crippen LogP contribution in [0.25, 0.3) is 0 Å². The van der Waals surface area contributed by atoms with Gasteiger partial charge < -0.3 is 0 Å². The third kappa shape index (κ3) is 4.32. The van der Waals surface area contributed by atoms with Gasteiger partial charge in [0.15, 0.2) is 0 Å². The van der Waals surface area contributed by atoms with E-state index in [9.17, 15) is 16.8 Å². The van der Waals surface area contributed by atoms with Gasteiger partial charge in [-0.3, -0.25) is 9.11 Å². The zero-order valence-electron chi connectivity index (χ0n) is 13.9. The van der Waals surface area contributed by atoms with Gasteiger partial charge in [-0.15, -0.1) is 0 Å². The van der Waals surface area contributed by atoms with Crippen LogP contribution in [0, 0.1) is 0 Å². The summed E-state index contributed by atoms with van der Waals surface area (Å²) < 4.78 is 62.5. The van der Waals surface area contributed by atoms with Crippen molar-refractivity contribution in [1.29, 1.82) is 0 Å². The van der Waals surface area contributed by atoms with E-state index in [1.807, 2.05) is 0 Å². The first-order valence-electron chi connectivity index (χ1n) is 8.29. The van der Waals surface area contributed by atoms with Gasteiger partial charge in [0.2, 0.25) is 0 Å². The Hall–Kier alpha value is -1.74. The van der Waals surface area contributed by atoms with Crippen LogP contribution >= 0.6 is 0 Å². The molecule has 1 aliphatic carbocycles. The van der Waals surface area contributed by atoms with E-state index >= 15 is 0 Å². The molecule has 0 aliphatic heterocycles. The van der Waals surface area contributed by atoms with E-state index < -0.39 is 20.2 Å². The predicted molar refractivity (Wildman–Crippen MR) is 96.5 cm³/mol. The fourth-order valence-corrected chi connectivity index (χ4v) is 4.54. The molecule has 3 rings (SSSR count). The van der Waals surface area contributed by atoms with Crippen molar-refractivity contribution in [2.45, 2.75) is 47.3 Å². The highest BCUT2D eigenvalue weighted by Gasteiger charge is 2.24. The summed E-state index contributed by atoms with van der Waals surface area (Å²) in [6.45, 7) is 0. The molecule has 1 fully saturated rings. The average Bonchev–Trinajstić information content (AvgIpc) is 2.61. The molecule has 2 aromatic carbocycles. The van der Waals surface area contributed by atoms with Crippen LogP contribution < -0.4 is 0 Å². The number of hydrogen-bond donors (Lipinski definition) is 2. The summed E-state index contributed by atoms with van der Waals surface area (Å²) >= 11 is 0. The van der Waals surface area contributed by atoms with Crippen molar-refractivity contribution in [2.75, 3.05) is 0 Å². The lowest BCUT2D eigenvalue weighted by molar-refractivity contribution is 0.396. The monoisotopic (exact) mass is 396 g/mol. The molecule has 140 valence electrons. The fourth-order valence-electron chi connectivity index (χ4n) is 3.58. The van der Waals surface area contributed by atoms with Crippen LogP contribution in [-0.4, -0.2) is 25.9 Å². The van der Waals surface area contributed by atoms with Gasteiger partial charge in [-0.2, -0.15) is 16.8 Å². The highest BCUT2D eigenvalue weighted by molar-refractivity contribution is 7.86.